The summed E-state index contributed by atoms with van der Waals surface area (Å²) in [6.07, 6.45) is 0. The number of aromatic nitrogens is 3. The maximum atomic E-state index is 11.4. The number of thiazole rings is 1. The molecule has 0 atom stereocenters. The van der Waals surface area contributed by atoms with Crippen LogP contribution in [0.2, 0.25) is 4.47 Å². The smallest absolute Gasteiger partial charge is 0.296 e. The summed E-state index contributed by atoms with van der Waals surface area (Å²) < 4.78 is 2.06. The molecule has 4 nitrogen and oxygen atoms in total. The third kappa shape index (κ3) is 1.87. The molecule has 0 fully saturated rings. The molecular formula is C7H6ClN3OS2. The predicted molar refractivity (Wildman–Crippen MR) is 57.3 cm³/mol. The van der Waals surface area contributed by atoms with Crippen molar-refractivity contribution in [3.8, 4) is 0 Å². The Morgan fingerprint density at radius 3 is 2.86 bits per heavy atom. The summed E-state index contributed by atoms with van der Waals surface area (Å²) in [5.74, 6) is 0. The van der Waals surface area contributed by atoms with Crippen LogP contribution < -0.4 is 4.87 Å². The van der Waals surface area contributed by atoms with E-state index in [0.717, 1.165) is 10.7 Å². The van der Waals surface area contributed by atoms with Gasteiger partial charge < -0.3 is 0 Å². The van der Waals surface area contributed by atoms with Crippen LogP contribution in [0.3, 0.4) is 0 Å². The fourth-order valence-electron chi connectivity index (χ4n) is 1.03. The summed E-state index contributed by atoms with van der Waals surface area (Å²) in [5, 5.41) is 10.1. The first-order valence-electron chi connectivity index (χ1n) is 3.79. The number of hydrogen-bond acceptors (Lipinski definition) is 5. The average Bonchev–Trinajstić information content (AvgIpc) is 2.67. The molecule has 14 heavy (non-hydrogen) atoms. The Balaban J connectivity index is 2.31. The first kappa shape index (κ1) is 9.82. The van der Waals surface area contributed by atoms with Gasteiger partial charge in [0.05, 0.1) is 6.54 Å². The van der Waals surface area contributed by atoms with Crippen molar-refractivity contribution in [3.63, 3.8) is 0 Å². The van der Waals surface area contributed by atoms with E-state index in [1.807, 2.05) is 12.3 Å². The second kappa shape index (κ2) is 3.80. The van der Waals surface area contributed by atoms with E-state index in [4.69, 9.17) is 11.6 Å². The van der Waals surface area contributed by atoms with Crippen LogP contribution >= 0.6 is 34.3 Å². The lowest BCUT2D eigenvalue weighted by Crippen LogP contribution is -2.15. The molecule has 2 aromatic heterocycles. The van der Waals surface area contributed by atoms with Gasteiger partial charge in [-0.05, 0) is 18.5 Å². The third-order valence-electron chi connectivity index (χ3n) is 1.71. The summed E-state index contributed by atoms with van der Waals surface area (Å²) >= 11 is 8.12. The molecule has 2 heterocycles. The van der Waals surface area contributed by atoms with Gasteiger partial charge >= 0.3 is 4.87 Å². The molecular weight excluding hydrogens is 242 g/mol. The second-order valence-corrected chi connectivity index (χ2v) is 5.14. The highest BCUT2D eigenvalue weighted by atomic mass is 35.5. The van der Waals surface area contributed by atoms with Crippen LogP contribution in [0.1, 0.15) is 10.7 Å². The van der Waals surface area contributed by atoms with Gasteiger partial charge in [-0.3, -0.25) is 9.36 Å². The quantitative estimate of drug-likeness (QED) is 0.813. The lowest BCUT2D eigenvalue weighted by Gasteiger charge is -1.98. The van der Waals surface area contributed by atoms with E-state index in [0.29, 0.717) is 11.0 Å². The molecule has 0 bridgehead atoms. The summed E-state index contributed by atoms with van der Waals surface area (Å²) in [7, 11) is 0. The molecule has 2 rings (SSSR count). The topological polar surface area (TPSA) is 47.8 Å². The van der Waals surface area contributed by atoms with E-state index >= 15 is 0 Å². The van der Waals surface area contributed by atoms with Gasteiger partial charge in [-0.1, -0.05) is 22.7 Å². The van der Waals surface area contributed by atoms with Gasteiger partial charge in [-0.15, -0.1) is 10.2 Å². The molecule has 74 valence electrons. The van der Waals surface area contributed by atoms with Gasteiger partial charge in [-0.2, -0.15) is 0 Å². The van der Waals surface area contributed by atoms with Gasteiger partial charge in [0.1, 0.15) is 5.01 Å². The van der Waals surface area contributed by atoms with E-state index in [2.05, 4.69) is 10.2 Å². The normalized spacial score (nSPS) is 10.7. The van der Waals surface area contributed by atoms with E-state index in [1.54, 1.807) is 4.57 Å². The van der Waals surface area contributed by atoms with Crippen molar-refractivity contribution >= 4 is 34.3 Å². The third-order valence-corrected chi connectivity index (χ3v) is 3.60. The molecule has 0 aromatic carbocycles. The Bertz CT molecular complexity index is 501. The van der Waals surface area contributed by atoms with Crippen LogP contribution in [-0.2, 0) is 6.54 Å². The van der Waals surface area contributed by atoms with Crippen LogP contribution in [0.25, 0.3) is 0 Å². The number of nitrogens with zero attached hydrogens (tertiary/aromatic N) is 3. The van der Waals surface area contributed by atoms with Gasteiger partial charge in [0.15, 0.2) is 0 Å². The standard InChI is InChI=1S/C7H6ClN3OS2/c1-4-3-13-7(12)11(4)2-5-9-10-6(8)14-5/h3H,2H2,1H3. The first-order chi connectivity index (χ1) is 6.66. The molecule has 0 saturated carbocycles. The fraction of sp³-hybridized carbons (Fsp3) is 0.286. The van der Waals surface area contributed by atoms with E-state index < -0.39 is 0 Å². The SMILES string of the molecule is Cc1csc(=O)n1Cc1nnc(Cl)s1. The molecule has 0 aliphatic carbocycles. The Labute approximate surface area is 92.8 Å². The van der Waals surface area contributed by atoms with E-state index in [9.17, 15) is 4.79 Å². The average molecular weight is 248 g/mol. The van der Waals surface area contributed by atoms with Gasteiger partial charge in [0.25, 0.3) is 0 Å². The van der Waals surface area contributed by atoms with Crippen LogP contribution in [-0.4, -0.2) is 14.8 Å². The van der Waals surface area contributed by atoms with Crippen molar-refractivity contribution in [1.82, 2.24) is 14.8 Å². The van der Waals surface area contributed by atoms with Crippen LogP contribution in [0, 0.1) is 6.92 Å². The highest BCUT2D eigenvalue weighted by Gasteiger charge is 2.07. The van der Waals surface area contributed by atoms with Crippen LogP contribution in [0.5, 0.6) is 0 Å². The molecule has 0 aliphatic heterocycles. The monoisotopic (exact) mass is 247 g/mol. The first-order valence-corrected chi connectivity index (χ1v) is 5.87. The predicted octanol–water partition coefficient (Wildman–Crippen LogP) is 1.77. The van der Waals surface area contributed by atoms with Gasteiger partial charge in [0, 0.05) is 11.1 Å². The van der Waals surface area contributed by atoms with Crippen molar-refractivity contribution in [2.24, 2.45) is 0 Å². The van der Waals surface area contributed by atoms with Crippen LogP contribution in [0.4, 0.5) is 0 Å². The van der Waals surface area contributed by atoms with Crippen molar-refractivity contribution in [2.75, 3.05) is 0 Å². The Kier molecular flexibility index (Phi) is 2.66. The number of hydrogen-bond donors (Lipinski definition) is 0. The summed E-state index contributed by atoms with van der Waals surface area (Å²) in [6, 6.07) is 0. The van der Waals surface area contributed by atoms with Crippen molar-refractivity contribution in [1.29, 1.82) is 0 Å². The molecule has 0 unspecified atom stereocenters. The summed E-state index contributed by atoms with van der Waals surface area (Å²) in [6.45, 7) is 2.35. The number of rotatable bonds is 2. The van der Waals surface area contributed by atoms with E-state index in [1.165, 1.54) is 22.7 Å². The maximum Gasteiger partial charge on any atom is 0.307 e. The molecule has 0 aliphatic rings. The van der Waals surface area contributed by atoms with Gasteiger partial charge in [0.2, 0.25) is 4.47 Å². The van der Waals surface area contributed by atoms with Crippen molar-refractivity contribution < 1.29 is 0 Å². The highest BCUT2D eigenvalue weighted by Crippen LogP contribution is 2.16. The zero-order valence-electron chi connectivity index (χ0n) is 7.23. The maximum absolute atomic E-state index is 11.4. The molecule has 0 spiro atoms. The second-order valence-electron chi connectivity index (χ2n) is 2.68. The molecule has 0 N–H and O–H groups in total. The fourth-order valence-corrected chi connectivity index (χ4v) is 2.62. The summed E-state index contributed by atoms with van der Waals surface area (Å²) in [5.41, 5.74) is 0.936. The Morgan fingerprint density at radius 1 is 1.57 bits per heavy atom. The summed E-state index contributed by atoms with van der Waals surface area (Å²) in [4.78, 5) is 11.4. The number of aryl methyl sites for hydroxylation is 1. The molecule has 7 heteroatoms. The minimum atomic E-state index is 0.0221. The molecule has 2 aromatic rings. The van der Waals surface area contributed by atoms with Gasteiger partial charge in [-0.25, -0.2) is 0 Å². The minimum absolute atomic E-state index is 0.0221. The highest BCUT2D eigenvalue weighted by molar-refractivity contribution is 7.15. The number of halogens is 1. The lowest BCUT2D eigenvalue weighted by molar-refractivity contribution is 0.740. The zero-order valence-corrected chi connectivity index (χ0v) is 9.62. The van der Waals surface area contributed by atoms with Crippen molar-refractivity contribution in [2.45, 2.75) is 13.5 Å². The van der Waals surface area contributed by atoms with Crippen LogP contribution in [0.15, 0.2) is 10.2 Å². The lowest BCUT2D eigenvalue weighted by atomic mass is 10.5. The zero-order chi connectivity index (χ0) is 10.1. The minimum Gasteiger partial charge on any atom is -0.296 e. The molecule has 0 amide bonds. The van der Waals surface area contributed by atoms with Crippen molar-refractivity contribution in [3.05, 3.63) is 30.2 Å². The van der Waals surface area contributed by atoms with E-state index in [-0.39, 0.29) is 4.87 Å². The largest absolute Gasteiger partial charge is 0.307 e. The molecule has 0 radical (unpaired) electrons. The Hall–Kier alpha value is -0.720. The molecule has 0 saturated heterocycles. The Morgan fingerprint density at radius 2 is 2.36 bits per heavy atom.